The summed E-state index contributed by atoms with van der Waals surface area (Å²) in [7, 11) is 3.31. The molecule has 2 N–H and O–H groups in total. The highest BCUT2D eigenvalue weighted by atomic mass is 16.5. The molecule has 0 saturated heterocycles. The summed E-state index contributed by atoms with van der Waals surface area (Å²) in [4.78, 5) is 25.1. The third kappa shape index (κ3) is 6.01. The minimum Gasteiger partial charge on any atom is -0.508 e. The van der Waals surface area contributed by atoms with Gasteiger partial charge in [-0.05, 0) is 48.9 Å². The van der Waals surface area contributed by atoms with Gasteiger partial charge in [-0.25, -0.2) is 5.43 Å². The van der Waals surface area contributed by atoms with Crippen molar-refractivity contribution in [2.24, 2.45) is 5.10 Å². The largest absolute Gasteiger partial charge is 0.508 e. The van der Waals surface area contributed by atoms with Gasteiger partial charge in [0.25, 0.3) is 11.8 Å². The first-order valence-corrected chi connectivity index (χ1v) is 8.63. The van der Waals surface area contributed by atoms with E-state index in [0.717, 1.165) is 0 Å². The van der Waals surface area contributed by atoms with Gasteiger partial charge in [-0.1, -0.05) is 6.07 Å². The Kier molecular flexibility index (Phi) is 7.38. The molecule has 0 radical (unpaired) electrons. The lowest BCUT2D eigenvalue weighted by Crippen LogP contribution is -2.27. The van der Waals surface area contributed by atoms with Crippen molar-refractivity contribution in [3.63, 3.8) is 0 Å². The highest BCUT2D eigenvalue weighted by Crippen LogP contribution is 2.28. The molecule has 0 aliphatic heterocycles. The number of aromatic hydroxyl groups is 1. The number of benzene rings is 2. The molecule has 0 atom stereocenters. The summed E-state index contributed by atoms with van der Waals surface area (Å²) < 4.78 is 11.1. The zero-order chi connectivity index (χ0) is 20.5. The van der Waals surface area contributed by atoms with Gasteiger partial charge in [0.1, 0.15) is 5.75 Å². The van der Waals surface area contributed by atoms with Crippen LogP contribution in [0.4, 0.5) is 0 Å². The molecule has 2 amide bonds. The number of ether oxygens (including phenoxy) is 2. The number of carbonyl (C=O) groups excluding carboxylic acids is 2. The normalized spacial score (nSPS) is 10.5. The Morgan fingerprint density at radius 1 is 1.14 bits per heavy atom. The van der Waals surface area contributed by atoms with E-state index in [0.29, 0.717) is 29.2 Å². The molecular formula is C20H23N3O5. The van der Waals surface area contributed by atoms with E-state index in [-0.39, 0.29) is 18.3 Å². The molecule has 0 aliphatic carbocycles. The first-order valence-electron chi connectivity index (χ1n) is 8.63. The number of carbonyl (C=O) groups is 2. The second-order valence-electron chi connectivity index (χ2n) is 5.97. The van der Waals surface area contributed by atoms with Crippen molar-refractivity contribution >= 4 is 18.0 Å². The Labute approximate surface area is 163 Å². The van der Waals surface area contributed by atoms with Gasteiger partial charge in [0.05, 0.1) is 12.8 Å². The number of nitrogens with zero attached hydrogens (tertiary/aromatic N) is 2. The standard InChI is InChI=1S/C20H23N3O5/c1-4-27-18-10-14(8-9-17(18)28-13-19(25)23(2)3)12-21-22-20(26)15-6-5-7-16(24)11-15/h5-12,24H,4,13H2,1-3H3,(H,22,26)/b21-12+. The molecule has 0 heterocycles. The number of hydrazone groups is 1. The van der Waals surface area contributed by atoms with Gasteiger partial charge in [0, 0.05) is 19.7 Å². The third-order valence-corrected chi connectivity index (χ3v) is 3.61. The molecule has 0 unspecified atom stereocenters. The summed E-state index contributed by atoms with van der Waals surface area (Å²) in [5.74, 6) is 0.304. The van der Waals surface area contributed by atoms with Gasteiger partial charge in [-0.2, -0.15) is 5.10 Å². The molecule has 2 aromatic carbocycles. The van der Waals surface area contributed by atoms with Crippen LogP contribution in [0, 0.1) is 0 Å². The average molecular weight is 385 g/mol. The van der Waals surface area contributed by atoms with Crippen LogP contribution in [-0.4, -0.2) is 55.3 Å². The van der Waals surface area contributed by atoms with Crippen molar-refractivity contribution < 1.29 is 24.2 Å². The number of hydrogen-bond donors (Lipinski definition) is 2. The summed E-state index contributed by atoms with van der Waals surface area (Å²) in [6, 6.07) is 11.1. The van der Waals surface area contributed by atoms with Crippen LogP contribution in [-0.2, 0) is 4.79 Å². The van der Waals surface area contributed by atoms with Gasteiger partial charge in [0.15, 0.2) is 18.1 Å². The van der Waals surface area contributed by atoms with E-state index in [1.54, 1.807) is 44.4 Å². The van der Waals surface area contributed by atoms with Crippen LogP contribution in [0.25, 0.3) is 0 Å². The lowest BCUT2D eigenvalue weighted by molar-refractivity contribution is -0.130. The van der Waals surface area contributed by atoms with E-state index < -0.39 is 5.91 Å². The van der Waals surface area contributed by atoms with E-state index >= 15 is 0 Å². The zero-order valence-corrected chi connectivity index (χ0v) is 16.0. The fourth-order valence-corrected chi connectivity index (χ4v) is 2.14. The van der Waals surface area contributed by atoms with Crippen LogP contribution in [0.15, 0.2) is 47.6 Å². The van der Waals surface area contributed by atoms with Crippen LogP contribution in [0.5, 0.6) is 17.2 Å². The number of nitrogens with one attached hydrogen (secondary N) is 1. The van der Waals surface area contributed by atoms with Gasteiger partial charge < -0.3 is 19.5 Å². The average Bonchev–Trinajstić information content (AvgIpc) is 2.67. The molecule has 28 heavy (non-hydrogen) atoms. The summed E-state index contributed by atoms with van der Waals surface area (Å²) >= 11 is 0. The Balaban J connectivity index is 2.04. The van der Waals surface area contributed by atoms with Gasteiger partial charge in [-0.15, -0.1) is 0 Å². The van der Waals surface area contributed by atoms with Crippen LogP contribution >= 0.6 is 0 Å². The maximum absolute atomic E-state index is 12.0. The van der Waals surface area contributed by atoms with E-state index in [1.807, 2.05) is 6.92 Å². The maximum atomic E-state index is 12.0. The molecule has 2 aromatic rings. The Hall–Kier alpha value is -3.55. The van der Waals surface area contributed by atoms with E-state index in [9.17, 15) is 14.7 Å². The van der Waals surface area contributed by atoms with Crippen molar-refractivity contribution in [3.05, 3.63) is 53.6 Å². The number of phenolic OH excluding ortho intramolecular Hbond substituents is 1. The second kappa shape index (κ2) is 9.96. The minimum absolute atomic E-state index is 0.00122. The van der Waals surface area contributed by atoms with Gasteiger partial charge in [-0.3, -0.25) is 9.59 Å². The highest BCUT2D eigenvalue weighted by Gasteiger charge is 2.10. The first kappa shape index (κ1) is 20.8. The van der Waals surface area contributed by atoms with Crippen LogP contribution in [0.3, 0.4) is 0 Å². The van der Waals surface area contributed by atoms with Gasteiger partial charge in [0.2, 0.25) is 0 Å². The van der Waals surface area contributed by atoms with Crippen molar-refractivity contribution in [1.82, 2.24) is 10.3 Å². The fraction of sp³-hybridized carbons (Fsp3) is 0.250. The third-order valence-electron chi connectivity index (χ3n) is 3.61. The molecule has 8 heteroatoms. The van der Waals surface area contributed by atoms with E-state index in [4.69, 9.17) is 9.47 Å². The first-order chi connectivity index (χ1) is 13.4. The highest BCUT2D eigenvalue weighted by molar-refractivity contribution is 5.95. The van der Waals surface area contributed by atoms with Crippen LogP contribution < -0.4 is 14.9 Å². The Morgan fingerprint density at radius 3 is 2.61 bits per heavy atom. The van der Waals surface area contributed by atoms with Gasteiger partial charge >= 0.3 is 0 Å². The summed E-state index contributed by atoms with van der Waals surface area (Å²) in [5, 5.41) is 13.3. The summed E-state index contributed by atoms with van der Waals surface area (Å²) in [5.41, 5.74) is 3.36. The Morgan fingerprint density at radius 2 is 1.93 bits per heavy atom. The summed E-state index contributed by atoms with van der Waals surface area (Å²) in [6.07, 6.45) is 1.46. The molecule has 0 aromatic heterocycles. The molecule has 0 fully saturated rings. The Bertz CT molecular complexity index is 865. The smallest absolute Gasteiger partial charge is 0.271 e. The number of amides is 2. The van der Waals surface area contributed by atoms with E-state index in [1.165, 1.54) is 23.2 Å². The maximum Gasteiger partial charge on any atom is 0.271 e. The fourth-order valence-electron chi connectivity index (χ4n) is 2.14. The van der Waals surface area contributed by atoms with Crippen molar-refractivity contribution in [2.45, 2.75) is 6.92 Å². The SMILES string of the molecule is CCOc1cc(/C=N/NC(=O)c2cccc(O)c2)ccc1OCC(=O)N(C)C. The monoisotopic (exact) mass is 385 g/mol. The lowest BCUT2D eigenvalue weighted by atomic mass is 10.2. The second-order valence-corrected chi connectivity index (χ2v) is 5.97. The number of likely N-dealkylation sites (N-methyl/N-ethyl adjacent to an activating group) is 1. The molecule has 8 nitrogen and oxygen atoms in total. The lowest BCUT2D eigenvalue weighted by Gasteiger charge is -2.14. The molecule has 0 aliphatic rings. The molecule has 148 valence electrons. The molecule has 2 rings (SSSR count). The number of phenols is 1. The molecular weight excluding hydrogens is 362 g/mol. The van der Waals surface area contributed by atoms with Crippen LogP contribution in [0.1, 0.15) is 22.8 Å². The van der Waals surface area contributed by atoms with Crippen molar-refractivity contribution in [3.8, 4) is 17.2 Å². The summed E-state index contributed by atoms with van der Waals surface area (Å²) in [6.45, 7) is 2.17. The molecule has 0 saturated carbocycles. The topological polar surface area (TPSA) is 100 Å². The predicted octanol–water partition coefficient (Wildman–Crippen LogP) is 2.02. The zero-order valence-electron chi connectivity index (χ0n) is 16.0. The van der Waals surface area contributed by atoms with Crippen molar-refractivity contribution in [2.75, 3.05) is 27.3 Å². The number of rotatable bonds is 8. The quantitative estimate of drug-likeness (QED) is 0.535. The number of hydrogen-bond acceptors (Lipinski definition) is 6. The molecule has 0 bridgehead atoms. The van der Waals surface area contributed by atoms with E-state index in [2.05, 4.69) is 10.5 Å². The minimum atomic E-state index is -0.445. The van der Waals surface area contributed by atoms with Crippen LogP contribution in [0.2, 0.25) is 0 Å². The molecule has 0 spiro atoms. The predicted molar refractivity (Wildman–Crippen MR) is 105 cm³/mol. The van der Waals surface area contributed by atoms with Crippen molar-refractivity contribution in [1.29, 1.82) is 0 Å².